The molecule has 0 heterocycles. The number of Topliss-reactive ketones (excluding diaryl/α,β-unsaturated/α-hetero) is 1. The van der Waals surface area contributed by atoms with Gasteiger partial charge in [-0.15, -0.1) is 0 Å². The van der Waals surface area contributed by atoms with Gasteiger partial charge in [-0.25, -0.2) is 0 Å². The van der Waals surface area contributed by atoms with Crippen molar-refractivity contribution in [3.63, 3.8) is 0 Å². The van der Waals surface area contributed by atoms with Gasteiger partial charge in [0, 0.05) is 18.8 Å². The molecule has 0 aliphatic heterocycles. The van der Waals surface area contributed by atoms with Crippen LogP contribution in [0.5, 0.6) is 0 Å². The fourth-order valence-electron chi connectivity index (χ4n) is 4.55. The Bertz CT molecular complexity index is 825. The van der Waals surface area contributed by atoms with Crippen LogP contribution < -0.4 is 10.4 Å². The van der Waals surface area contributed by atoms with Gasteiger partial charge in [-0.3, -0.25) is 4.79 Å². The topological polar surface area (TPSA) is 26.3 Å². The summed E-state index contributed by atoms with van der Waals surface area (Å²) in [4.78, 5) is 12.5. The standard InChI is InChI=1S/C28H38O2Si/c1-21(2)25-17-16-22(29)20-26(25)27(18-19-28(3,4)5)30-31(23-12-8-6-9-13-23)24-14-10-7-11-15-24/h6-15,18,21,25-26,31H,16-17,19-20H2,1-5H3. The molecule has 31 heavy (non-hydrogen) atoms. The molecule has 1 fully saturated rings. The zero-order valence-electron chi connectivity index (χ0n) is 19.8. The van der Waals surface area contributed by atoms with E-state index in [-0.39, 0.29) is 11.3 Å². The minimum Gasteiger partial charge on any atom is -0.541 e. The first-order valence-electron chi connectivity index (χ1n) is 11.7. The van der Waals surface area contributed by atoms with Crippen molar-refractivity contribution in [3.05, 3.63) is 72.5 Å². The minimum absolute atomic E-state index is 0.178. The van der Waals surface area contributed by atoms with Gasteiger partial charge >= 0.3 is 0 Å². The predicted octanol–water partition coefficient (Wildman–Crippen LogP) is 5.50. The molecule has 0 spiro atoms. The zero-order chi connectivity index (χ0) is 22.4. The predicted molar refractivity (Wildman–Crippen MR) is 133 cm³/mol. The number of ketones is 1. The Hall–Kier alpha value is -2.13. The molecule has 2 nitrogen and oxygen atoms in total. The van der Waals surface area contributed by atoms with Gasteiger partial charge in [-0.05, 0) is 46.5 Å². The number of carbonyl (C=O) groups excluding carboxylic acids is 1. The molecule has 1 saturated carbocycles. The largest absolute Gasteiger partial charge is 0.541 e. The minimum atomic E-state index is -1.92. The van der Waals surface area contributed by atoms with E-state index >= 15 is 0 Å². The fraction of sp³-hybridized carbons (Fsp3) is 0.464. The molecule has 3 heteroatoms. The number of hydrogen-bond acceptors (Lipinski definition) is 2. The number of hydrogen-bond donors (Lipinski definition) is 0. The second-order valence-electron chi connectivity index (χ2n) is 10.5. The molecule has 1 aliphatic carbocycles. The molecule has 0 bridgehead atoms. The quantitative estimate of drug-likeness (QED) is 0.425. The fourth-order valence-corrected chi connectivity index (χ4v) is 6.89. The average Bonchev–Trinajstić information content (AvgIpc) is 2.74. The van der Waals surface area contributed by atoms with E-state index in [2.05, 4.69) is 101 Å². The lowest BCUT2D eigenvalue weighted by Crippen LogP contribution is -2.46. The van der Waals surface area contributed by atoms with Crippen LogP contribution in [0.3, 0.4) is 0 Å². The van der Waals surface area contributed by atoms with Gasteiger partial charge in [0.15, 0.2) is 0 Å². The highest BCUT2D eigenvalue weighted by molar-refractivity contribution is 6.80. The summed E-state index contributed by atoms with van der Waals surface area (Å²) < 4.78 is 7.03. The molecule has 0 radical (unpaired) electrons. The molecule has 166 valence electrons. The zero-order valence-corrected chi connectivity index (χ0v) is 21.0. The van der Waals surface area contributed by atoms with E-state index in [4.69, 9.17) is 4.43 Å². The molecular formula is C28H38O2Si. The second-order valence-corrected chi connectivity index (χ2v) is 12.8. The molecule has 2 aromatic rings. The SMILES string of the molecule is CC(C)C1CCC(=O)CC1C(=CCC(C)(C)C)O[SiH](c1ccccc1)c1ccccc1. The summed E-state index contributed by atoms with van der Waals surface area (Å²) in [7, 11) is -1.92. The third-order valence-electron chi connectivity index (χ3n) is 6.32. The van der Waals surface area contributed by atoms with Crippen LogP contribution in [0.2, 0.25) is 0 Å². The van der Waals surface area contributed by atoms with Gasteiger partial charge in [-0.1, -0.05) is 95.3 Å². The van der Waals surface area contributed by atoms with Crippen molar-refractivity contribution >= 4 is 25.2 Å². The summed E-state index contributed by atoms with van der Waals surface area (Å²) in [5.74, 6) is 2.65. The number of carbonyl (C=O) groups is 1. The van der Waals surface area contributed by atoms with E-state index in [0.29, 0.717) is 30.5 Å². The molecule has 2 atom stereocenters. The number of rotatable bonds is 7. The first-order valence-corrected chi connectivity index (χ1v) is 13.4. The van der Waals surface area contributed by atoms with E-state index < -0.39 is 9.04 Å². The molecule has 3 rings (SSSR count). The highest BCUT2D eigenvalue weighted by atomic mass is 28.3. The number of benzene rings is 2. The van der Waals surface area contributed by atoms with Gasteiger partial charge in [0.05, 0.1) is 5.76 Å². The first-order chi connectivity index (χ1) is 14.7. The van der Waals surface area contributed by atoms with Crippen molar-refractivity contribution in [2.45, 2.75) is 60.3 Å². The summed E-state index contributed by atoms with van der Waals surface area (Å²) in [5.41, 5.74) is 0.178. The van der Waals surface area contributed by atoms with Crippen LogP contribution in [0, 0.1) is 23.2 Å². The van der Waals surface area contributed by atoms with Gasteiger partial charge in [-0.2, -0.15) is 0 Å². The Kier molecular flexibility index (Phi) is 7.93. The molecule has 0 amide bonds. The summed E-state index contributed by atoms with van der Waals surface area (Å²) in [6.45, 7) is 11.4. The van der Waals surface area contributed by atoms with Crippen molar-refractivity contribution in [1.82, 2.24) is 0 Å². The summed E-state index contributed by atoms with van der Waals surface area (Å²) in [6.07, 6.45) is 5.56. The molecule has 0 aromatic heterocycles. The summed E-state index contributed by atoms with van der Waals surface area (Å²) in [5, 5.41) is 2.55. The lowest BCUT2D eigenvalue weighted by Gasteiger charge is -2.37. The Balaban J connectivity index is 2.02. The third kappa shape index (κ3) is 6.67. The number of allylic oxidation sites excluding steroid dienone is 2. The Morgan fingerprint density at radius 1 is 1.03 bits per heavy atom. The highest BCUT2D eigenvalue weighted by Crippen LogP contribution is 2.39. The first kappa shape index (κ1) is 23.5. The second kappa shape index (κ2) is 10.5. The lowest BCUT2D eigenvalue weighted by molar-refractivity contribution is -0.123. The molecular weight excluding hydrogens is 396 g/mol. The average molecular weight is 435 g/mol. The Morgan fingerprint density at radius 2 is 1.58 bits per heavy atom. The van der Waals surface area contributed by atoms with Crippen molar-refractivity contribution in [1.29, 1.82) is 0 Å². The van der Waals surface area contributed by atoms with E-state index in [0.717, 1.165) is 18.6 Å². The van der Waals surface area contributed by atoms with Crippen molar-refractivity contribution < 1.29 is 9.22 Å². The molecule has 1 aliphatic rings. The maximum absolute atomic E-state index is 12.5. The third-order valence-corrected chi connectivity index (χ3v) is 8.81. The molecule has 2 aromatic carbocycles. The lowest BCUT2D eigenvalue weighted by atomic mass is 9.72. The molecule has 0 N–H and O–H groups in total. The highest BCUT2D eigenvalue weighted by Gasteiger charge is 2.36. The summed E-state index contributed by atoms with van der Waals surface area (Å²) >= 11 is 0. The van der Waals surface area contributed by atoms with Gasteiger partial charge in [0.1, 0.15) is 5.78 Å². The van der Waals surface area contributed by atoms with Crippen LogP contribution in [0.4, 0.5) is 0 Å². The van der Waals surface area contributed by atoms with Crippen LogP contribution in [-0.2, 0) is 9.22 Å². The van der Waals surface area contributed by atoms with Gasteiger partial charge in [0.2, 0.25) is 0 Å². The van der Waals surface area contributed by atoms with Crippen molar-refractivity contribution in [2.75, 3.05) is 0 Å². The van der Waals surface area contributed by atoms with Gasteiger partial charge < -0.3 is 4.43 Å². The smallest absolute Gasteiger partial charge is 0.298 e. The van der Waals surface area contributed by atoms with E-state index in [1.54, 1.807) is 0 Å². The van der Waals surface area contributed by atoms with Crippen LogP contribution in [0.1, 0.15) is 60.3 Å². The van der Waals surface area contributed by atoms with Gasteiger partial charge in [0.25, 0.3) is 9.04 Å². The van der Waals surface area contributed by atoms with Crippen LogP contribution >= 0.6 is 0 Å². The maximum atomic E-state index is 12.5. The maximum Gasteiger partial charge on any atom is 0.298 e. The van der Waals surface area contributed by atoms with Crippen LogP contribution in [0.25, 0.3) is 0 Å². The van der Waals surface area contributed by atoms with E-state index in [9.17, 15) is 4.79 Å². The van der Waals surface area contributed by atoms with E-state index in [1.807, 2.05) is 0 Å². The Labute approximate surface area is 190 Å². The Morgan fingerprint density at radius 3 is 2.06 bits per heavy atom. The van der Waals surface area contributed by atoms with Crippen LogP contribution in [-0.4, -0.2) is 14.8 Å². The van der Waals surface area contributed by atoms with E-state index in [1.165, 1.54) is 10.4 Å². The van der Waals surface area contributed by atoms with Crippen molar-refractivity contribution in [3.8, 4) is 0 Å². The van der Waals surface area contributed by atoms with Crippen LogP contribution in [0.15, 0.2) is 72.5 Å². The monoisotopic (exact) mass is 434 g/mol. The molecule has 0 saturated heterocycles. The molecule has 2 unspecified atom stereocenters. The normalized spacial score (nSPS) is 20.4. The van der Waals surface area contributed by atoms with Crippen molar-refractivity contribution in [2.24, 2.45) is 23.2 Å². The summed E-state index contributed by atoms with van der Waals surface area (Å²) in [6, 6.07) is 21.3.